The third-order valence-electron chi connectivity index (χ3n) is 4.93. The summed E-state index contributed by atoms with van der Waals surface area (Å²) in [5.74, 6) is -0.457. The number of fused-ring (bicyclic) bond motifs is 1. The van der Waals surface area contributed by atoms with Crippen LogP contribution in [0.4, 0.5) is 10.2 Å². The molecule has 1 amide bonds. The average Bonchev–Trinajstić information content (AvgIpc) is 3.07. The van der Waals surface area contributed by atoms with Gasteiger partial charge in [0.25, 0.3) is 0 Å². The van der Waals surface area contributed by atoms with Crippen LogP contribution in [-0.2, 0) is 6.54 Å². The zero-order chi connectivity index (χ0) is 22.1. The van der Waals surface area contributed by atoms with Crippen LogP contribution >= 0.6 is 0 Å². The molecule has 0 atom stereocenters. The topological polar surface area (TPSA) is 126 Å². The van der Waals surface area contributed by atoms with E-state index in [1.165, 1.54) is 18.3 Å². The maximum Gasteiger partial charge on any atom is 0.493 e. The van der Waals surface area contributed by atoms with E-state index in [4.69, 9.17) is 5.73 Å². The molecule has 31 heavy (non-hydrogen) atoms. The van der Waals surface area contributed by atoms with E-state index >= 15 is 0 Å². The minimum atomic E-state index is -1.80. The molecule has 0 aliphatic rings. The number of nitrogens with one attached hydrogen (secondary N) is 1. The number of aryl methyl sites for hydroxylation is 1. The quantitative estimate of drug-likeness (QED) is 0.349. The van der Waals surface area contributed by atoms with Crippen molar-refractivity contribution >= 4 is 35.2 Å². The van der Waals surface area contributed by atoms with E-state index in [-0.39, 0.29) is 29.6 Å². The lowest BCUT2D eigenvalue weighted by atomic mass is 9.81. The van der Waals surface area contributed by atoms with Gasteiger partial charge in [0.2, 0.25) is 11.9 Å². The Labute approximate surface area is 177 Å². The number of carbonyl (C=O) groups excluding carboxylic acids is 1. The molecule has 156 valence electrons. The monoisotopic (exact) mass is 419 g/mol. The molecule has 8 nitrogen and oxygen atoms in total. The lowest BCUT2D eigenvalue weighted by molar-refractivity contribution is 0.100. The Morgan fingerprint density at radius 1 is 1.23 bits per heavy atom. The molecule has 2 heterocycles. The van der Waals surface area contributed by atoms with Gasteiger partial charge in [0, 0.05) is 34.8 Å². The Balaban J connectivity index is 1.78. The number of rotatable bonds is 6. The molecule has 0 saturated carbocycles. The lowest BCUT2D eigenvalue weighted by Crippen LogP contribution is -2.34. The van der Waals surface area contributed by atoms with Gasteiger partial charge in [0.05, 0.1) is 5.52 Å². The number of anilines is 1. The third-order valence-corrected chi connectivity index (χ3v) is 4.93. The first kappa shape index (κ1) is 20.5. The van der Waals surface area contributed by atoms with Crippen LogP contribution in [0.3, 0.4) is 0 Å². The van der Waals surface area contributed by atoms with E-state index < -0.39 is 13.0 Å². The highest BCUT2D eigenvalue weighted by Crippen LogP contribution is 2.25. The number of hydrogen-bond acceptors (Lipinski definition) is 6. The standard InChI is InChI=1S/C21H19BFN5O3/c1-12-8-16-15(19(24)29)6-3-7-18(16)28(12)21-26-11-17(22(30)31)20(27-21)25-10-13-4-2-5-14(23)9-13/h2-9,11,30-31H,10H2,1H3,(H2,24,29)(H,25,26,27). The summed E-state index contributed by atoms with van der Waals surface area (Å²) in [6.45, 7) is 2.05. The molecule has 0 aliphatic heterocycles. The van der Waals surface area contributed by atoms with Crippen molar-refractivity contribution in [2.75, 3.05) is 5.32 Å². The summed E-state index contributed by atoms with van der Waals surface area (Å²) in [6.07, 6.45) is 1.31. The van der Waals surface area contributed by atoms with Crippen LogP contribution in [0.15, 0.2) is 54.7 Å². The van der Waals surface area contributed by atoms with Crippen molar-refractivity contribution in [3.63, 3.8) is 0 Å². The molecule has 2 aromatic heterocycles. The normalized spacial score (nSPS) is 11.0. The van der Waals surface area contributed by atoms with Crippen molar-refractivity contribution in [1.82, 2.24) is 14.5 Å². The molecular weight excluding hydrogens is 400 g/mol. The second kappa shape index (κ2) is 8.17. The Bertz CT molecular complexity index is 1290. The second-order valence-electron chi connectivity index (χ2n) is 7.05. The third kappa shape index (κ3) is 3.98. The predicted molar refractivity (Wildman–Crippen MR) is 116 cm³/mol. The summed E-state index contributed by atoms with van der Waals surface area (Å²) in [7, 11) is -1.80. The van der Waals surface area contributed by atoms with Crippen molar-refractivity contribution in [1.29, 1.82) is 0 Å². The van der Waals surface area contributed by atoms with Crippen LogP contribution < -0.4 is 16.5 Å². The fourth-order valence-corrected chi connectivity index (χ4v) is 3.50. The first-order valence-corrected chi connectivity index (χ1v) is 9.48. The summed E-state index contributed by atoms with van der Waals surface area (Å²) < 4.78 is 15.2. The second-order valence-corrected chi connectivity index (χ2v) is 7.05. The minimum absolute atomic E-state index is 0.0760. The smallest absolute Gasteiger partial charge is 0.423 e. The molecule has 2 aromatic carbocycles. The Morgan fingerprint density at radius 2 is 2.00 bits per heavy atom. The zero-order valence-electron chi connectivity index (χ0n) is 16.6. The number of benzene rings is 2. The largest absolute Gasteiger partial charge is 0.493 e. The number of nitrogens with zero attached hydrogens (tertiary/aromatic N) is 3. The van der Waals surface area contributed by atoms with Crippen LogP contribution in [0.2, 0.25) is 0 Å². The summed E-state index contributed by atoms with van der Waals surface area (Å²) in [6, 6.07) is 13.0. The van der Waals surface area contributed by atoms with Crippen molar-refractivity contribution in [2.24, 2.45) is 5.73 Å². The van der Waals surface area contributed by atoms with Crippen LogP contribution in [-0.4, -0.2) is 37.6 Å². The molecule has 4 aromatic rings. The molecule has 0 aliphatic carbocycles. The van der Waals surface area contributed by atoms with Crippen molar-refractivity contribution in [3.8, 4) is 5.95 Å². The van der Waals surface area contributed by atoms with Crippen molar-refractivity contribution in [2.45, 2.75) is 13.5 Å². The number of amides is 1. The van der Waals surface area contributed by atoms with Crippen LogP contribution in [0.5, 0.6) is 0 Å². The number of halogens is 1. The van der Waals surface area contributed by atoms with E-state index in [1.807, 2.05) is 19.1 Å². The highest BCUT2D eigenvalue weighted by molar-refractivity contribution is 6.60. The molecule has 0 saturated heterocycles. The van der Waals surface area contributed by atoms with Crippen molar-refractivity contribution in [3.05, 3.63) is 77.4 Å². The number of nitrogens with two attached hydrogens (primary N) is 1. The highest BCUT2D eigenvalue weighted by atomic mass is 19.1. The fraction of sp³-hybridized carbons (Fsp3) is 0.0952. The van der Waals surface area contributed by atoms with Gasteiger partial charge in [0.1, 0.15) is 11.6 Å². The van der Waals surface area contributed by atoms with Gasteiger partial charge in [-0.3, -0.25) is 9.36 Å². The van der Waals surface area contributed by atoms with Crippen molar-refractivity contribution < 1.29 is 19.2 Å². The maximum atomic E-state index is 13.5. The van der Waals surface area contributed by atoms with E-state index in [0.717, 1.165) is 5.69 Å². The van der Waals surface area contributed by atoms with Crippen LogP contribution in [0.25, 0.3) is 16.9 Å². The van der Waals surface area contributed by atoms with Gasteiger partial charge in [-0.15, -0.1) is 0 Å². The van der Waals surface area contributed by atoms with Gasteiger partial charge in [-0.05, 0) is 42.8 Å². The Kier molecular flexibility index (Phi) is 5.41. The summed E-state index contributed by atoms with van der Waals surface area (Å²) in [5.41, 5.74) is 8.05. The summed E-state index contributed by atoms with van der Waals surface area (Å²) >= 11 is 0. The first-order valence-electron chi connectivity index (χ1n) is 9.48. The molecule has 0 fully saturated rings. The van der Waals surface area contributed by atoms with Gasteiger partial charge in [0.15, 0.2) is 0 Å². The minimum Gasteiger partial charge on any atom is -0.423 e. The molecular formula is C21H19BFN5O3. The SMILES string of the molecule is Cc1cc2c(C(N)=O)cccc2n1-c1ncc(B(O)O)c(NCc2cccc(F)c2)n1. The molecule has 0 unspecified atom stereocenters. The molecule has 10 heteroatoms. The molecule has 0 bridgehead atoms. The number of hydrogen-bond donors (Lipinski definition) is 4. The molecule has 0 radical (unpaired) electrons. The van der Waals surface area contributed by atoms with E-state index in [0.29, 0.717) is 22.0 Å². The van der Waals surface area contributed by atoms with Crippen LogP contribution in [0, 0.1) is 12.7 Å². The van der Waals surface area contributed by atoms with Gasteiger partial charge < -0.3 is 21.1 Å². The predicted octanol–water partition coefficient (Wildman–Crippen LogP) is 1.26. The van der Waals surface area contributed by atoms with E-state index in [1.54, 1.807) is 28.8 Å². The maximum absolute atomic E-state index is 13.5. The number of aromatic nitrogens is 3. The number of primary amides is 1. The Hall–Kier alpha value is -3.76. The highest BCUT2D eigenvalue weighted by Gasteiger charge is 2.21. The molecule has 5 N–H and O–H groups in total. The van der Waals surface area contributed by atoms with Gasteiger partial charge in [-0.2, -0.15) is 4.98 Å². The summed E-state index contributed by atoms with van der Waals surface area (Å²) in [4.78, 5) is 20.5. The average molecular weight is 419 g/mol. The number of carbonyl (C=O) groups is 1. The first-order chi connectivity index (χ1) is 14.8. The fourth-order valence-electron chi connectivity index (χ4n) is 3.50. The zero-order valence-corrected chi connectivity index (χ0v) is 16.6. The lowest BCUT2D eigenvalue weighted by Gasteiger charge is -2.14. The molecule has 4 rings (SSSR count). The van der Waals surface area contributed by atoms with E-state index in [9.17, 15) is 19.2 Å². The molecule has 0 spiro atoms. The van der Waals surface area contributed by atoms with Gasteiger partial charge in [-0.1, -0.05) is 18.2 Å². The van der Waals surface area contributed by atoms with E-state index in [2.05, 4.69) is 15.3 Å². The van der Waals surface area contributed by atoms with Gasteiger partial charge in [-0.25, -0.2) is 9.37 Å². The van der Waals surface area contributed by atoms with Gasteiger partial charge >= 0.3 is 7.12 Å². The van der Waals surface area contributed by atoms with Crippen LogP contribution in [0.1, 0.15) is 21.6 Å². The summed E-state index contributed by atoms with van der Waals surface area (Å²) in [5, 5.41) is 23.1. The Morgan fingerprint density at radius 3 is 2.71 bits per heavy atom.